The van der Waals surface area contributed by atoms with Crippen LogP contribution in [-0.2, 0) is 0 Å². The molecule has 0 unspecified atom stereocenters. The number of hydrogen-bond acceptors (Lipinski definition) is 0. The van der Waals surface area contributed by atoms with Gasteiger partial charge in [0.05, 0.1) is 0 Å². The van der Waals surface area contributed by atoms with Gasteiger partial charge in [-0.3, -0.25) is 0 Å². The summed E-state index contributed by atoms with van der Waals surface area (Å²) in [6.45, 7) is 4.47. The Morgan fingerprint density at radius 2 is 1.33 bits per heavy atom. The van der Waals surface area contributed by atoms with Gasteiger partial charge in [0, 0.05) is 0 Å². The van der Waals surface area contributed by atoms with E-state index < -0.39 is 0 Å². The van der Waals surface area contributed by atoms with Crippen LogP contribution in [0, 0.1) is 12.8 Å². The normalized spacial score (nSPS) is 10.5. The maximum Gasteiger partial charge on any atom is -0.0386 e. The smallest absolute Gasteiger partial charge is 0.0386 e. The van der Waals surface area contributed by atoms with Gasteiger partial charge in [0.1, 0.15) is 0 Å². The average molecular weight is 168 g/mol. The Hall–Kier alpha value is 0. The van der Waals surface area contributed by atoms with Gasteiger partial charge in [-0.15, -0.1) is 0 Å². The van der Waals surface area contributed by atoms with Crippen LogP contribution >= 0.6 is 0 Å². The largest absolute Gasteiger partial charge is 0.0654 e. The van der Waals surface area contributed by atoms with Crippen molar-refractivity contribution >= 4 is 0 Å². The zero-order valence-electron chi connectivity index (χ0n) is 8.81. The molecule has 72 valence electrons. The lowest BCUT2D eigenvalue weighted by Crippen LogP contribution is -1.81. The molecular weight excluding hydrogens is 144 g/mol. The maximum atomic E-state index is 2.45. The Morgan fingerprint density at radius 3 is 1.92 bits per heavy atom. The topological polar surface area (TPSA) is 0 Å². The second-order valence-corrected chi connectivity index (χ2v) is 3.41. The third-order valence-corrected chi connectivity index (χ3v) is 2.12. The van der Waals surface area contributed by atoms with Gasteiger partial charge in [-0.25, -0.2) is 0 Å². The lowest BCUT2D eigenvalue weighted by atomic mass is 10.1. The zero-order chi connectivity index (χ0) is 9.07. The van der Waals surface area contributed by atoms with Gasteiger partial charge in [-0.1, -0.05) is 65.2 Å². The first-order valence-electron chi connectivity index (χ1n) is 5.55. The van der Waals surface area contributed by atoms with Crippen LogP contribution in [0.15, 0.2) is 0 Å². The lowest BCUT2D eigenvalue weighted by molar-refractivity contribution is 0.672. The molecule has 0 aliphatic carbocycles. The first-order valence-corrected chi connectivity index (χ1v) is 5.55. The number of unbranched alkanes of at least 4 members (excludes halogenated alkanes) is 9. The van der Waals surface area contributed by atoms with Crippen LogP contribution < -0.4 is 0 Å². The first kappa shape index (κ1) is 12.0. The summed E-state index contributed by atoms with van der Waals surface area (Å²) in [5, 5.41) is 0. The van der Waals surface area contributed by atoms with E-state index in [9.17, 15) is 0 Å². The maximum absolute atomic E-state index is 2.45. The molecule has 0 heterocycles. The minimum atomic E-state index is 1.24. The van der Waals surface area contributed by atoms with Gasteiger partial charge in [-0.2, -0.15) is 0 Å². The molecule has 0 aromatic heterocycles. The Balaban J connectivity index is 2.73. The van der Waals surface area contributed by atoms with E-state index in [2.05, 4.69) is 26.7 Å². The van der Waals surface area contributed by atoms with Gasteiger partial charge in [0.25, 0.3) is 0 Å². The molecule has 0 heteroatoms. The number of rotatable bonds is 9. The SMILES string of the molecule is CC[CH]CCCC[CH]CCCC. The van der Waals surface area contributed by atoms with E-state index in [1.54, 1.807) is 0 Å². The van der Waals surface area contributed by atoms with Crippen LogP contribution in [0.2, 0.25) is 0 Å². The molecular formula is C12H24. The van der Waals surface area contributed by atoms with Crippen molar-refractivity contribution in [2.75, 3.05) is 0 Å². The van der Waals surface area contributed by atoms with Crippen LogP contribution in [0.1, 0.15) is 65.2 Å². The summed E-state index contributed by atoms with van der Waals surface area (Å²) >= 11 is 0. The predicted octanol–water partition coefficient (Wildman–Crippen LogP) is 4.56. The van der Waals surface area contributed by atoms with E-state index in [-0.39, 0.29) is 0 Å². The van der Waals surface area contributed by atoms with E-state index in [4.69, 9.17) is 0 Å². The van der Waals surface area contributed by atoms with Crippen molar-refractivity contribution in [1.29, 1.82) is 0 Å². The predicted molar refractivity (Wildman–Crippen MR) is 56.9 cm³/mol. The van der Waals surface area contributed by atoms with Crippen LogP contribution in [0.5, 0.6) is 0 Å². The second kappa shape index (κ2) is 11.0. The quantitative estimate of drug-likeness (QED) is 0.443. The first-order chi connectivity index (χ1) is 5.91. The van der Waals surface area contributed by atoms with Crippen molar-refractivity contribution in [2.24, 2.45) is 0 Å². The van der Waals surface area contributed by atoms with Crippen LogP contribution in [0.4, 0.5) is 0 Å². The summed E-state index contributed by atoms with van der Waals surface area (Å²) in [6, 6.07) is 0. The van der Waals surface area contributed by atoms with E-state index in [1.807, 2.05) is 0 Å². The standard InChI is InChI=1S/C12H24/c1-3-5-7-9-11-12-10-8-6-4-2/h5,10H,3-4,6-9,11-12H2,1-2H3. The summed E-state index contributed by atoms with van der Waals surface area (Å²) in [7, 11) is 0. The van der Waals surface area contributed by atoms with Crippen LogP contribution in [-0.4, -0.2) is 0 Å². The molecule has 0 saturated carbocycles. The second-order valence-electron chi connectivity index (χ2n) is 3.41. The van der Waals surface area contributed by atoms with Gasteiger partial charge in [-0.05, 0) is 12.8 Å². The van der Waals surface area contributed by atoms with Crippen LogP contribution in [0.3, 0.4) is 0 Å². The van der Waals surface area contributed by atoms with E-state index in [1.165, 1.54) is 51.4 Å². The zero-order valence-corrected chi connectivity index (χ0v) is 8.81. The molecule has 0 amide bonds. The highest BCUT2D eigenvalue weighted by atomic mass is 14.0. The lowest BCUT2D eigenvalue weighted by Gasteiger charge is -1.99. The van der Waals surface area contributed by atoms with Gasteiger partial charge < -0.3 is 0 Å². The molecule has 0 atom stereocenters. The third-order valence-electron chi connectivity index (χ3n) is 2.12. The summed E-state index contributed by atoms with van der Waals surface area (Å²) in [5.41, 5.74) is 0. The molecule has 0 N–H and O–H groups in total. The molecule has 0 bridgehead atoms. The Kier molecular flexibility index (Phi) is 11.0. The summed E-state index contributed by atoms with van der Waals surface area (Å²) < 4.78 is 0. The molecule has 0 aromatic carbocycles. The molecule has 0 aliphatic heterocycles. The Bertz CT molecular complexity index is 56.4. The molecule has 0 aliphatic rings. The van der Waals surface area contributed by atoms with Gasteiger partial charge >= 0.3 is 0 Å². The fraction of sp³-hybridized carbons (Fsp3) is 0.833. The highest BCUT2D eigenvalue weighted by molar-refractivity contribution is 4.66. The van der Waals surface area contributed by atoms with Gasteiger partial charge in [0.2, 0.25) is 0 Å². The minimum Gasteiger partial charge on any atom is -0.0654 e. The molecule has 0 aromatic rings. The Labute approximate surface area is 78.8 Å². The molecule has 0 saturated heterocycles. The van der Waals surface area contributed by atoms with Crippen molar-refractivity contribution in [3.63, 3.8) is 0 Å². The van der Waals surface area contributed by atoms with Crippen molar-refractivity contribution in [3.8, 4) is 0 Å². The van der Waals surface area contributed by atoms with Crippen molar-refractivity contribution < 1.29 is 0 Å². The molecule has 12 heavy (non-hydrogen) atoms. The summed E-state index contributed by atoms with van der Waals surface area (Å²) in [6.07, 6.45) is 15.5. The summed E-state index contributed by atoms with van der Waals surface area (Å²) in [4.78, 5) is 0. The molecule has 0 nitrogen and oxygen atoms in total. The van der Waals surface area contributed by atoms with Crippen molar-refractivity contribution in [1.82, 2.24) is 0 Å². The molecule has 0 spiro atoms. The summed E-state index contributed by atoms with van der Waals surface area (Å²) in [5.74, 6) is 0. The van der Waals surface area contributed by atoms with E-state index >= 15 is 0 Å². The highest BCUT2D eigenvalue weighted by Crippen LogP contribution is 2.08. The Morgan fingerprint density at radius 1 is 0.750 bits per heavy atom. The van der Waals surface area contributed by atoms with Crippen molar-refractivity contribution in [3.05, 3.63) is 12.8 Å². The fourth-order valence-corrected chi connectivity index (χ4v) is 1.27. The molecule has 2 radical (unpaired) electrons. The number of hydrogen-bond donors (Lipinski definition) is 0. The van der Waals surface area contributed by atoms with E-state index in [0.717, 1.165) is 0 Å². The van der Waals surface area contributed by atoms with Crippen molar-refractivity contribution in [2.45, 2.75) is 65.2 Å². The monoisotopic (exact) mass is 168 g/mol. The average Bonchev–Trinajstić information content (AvgIpc) is 2.10. The highest BCUT2D eigenvalue weighted by Gasteiger charge is 1.90. The van der Waals surface area contributed by atoms with E-state index in [0.29, 0.717) is 0 Å². The fourth-order valence-electron chi connectivity index (χ4n) is 1.27. The molecule has 0 fully saturated rings. The minimum absolute atomic E-state index is 1.24. The van der Waals surface area contributed by atoms with Crippen LogP contribution in [0.25, 0.3) is 0 Å². The third kappa shape index (κ3) is 10.0. The van der Waals surface area contributed by atoms with Gasteiger partial charge in [0.15, 0.2) is 0 Å². The molecule has 0 rings (SSSR count).